The fraction of sp³-hybridized carbons (Fsp3) is 0.412. The van der Waals surface area contributed by atoms with Gasteiger partial charge in [-0.15, -0.1) is 0 Å². The fourth-order valence-electron chi connectivity index (χ4n) is 2.44. The molecule has 0 aliphatic rings. The number of aromatic nitrogens is 2. The first-order valence-electron chi connectivity index (χ1n) is 7.53. The average Bonchev–Trinajstić information content (AvgIpc) is 2.81. The van der Waals surface area contributed by atoms with Crippen molar-refractivity contribution in [1.29, 1.82) is 0 Å². The molecular weight excluding hydrogens is 276 g/mol. The summed E-state index contributed by atoms with van der Waals surface area (Å²) in [5, 5.41) is 7.64. The van der Waals surface area contributed by atoms with Crippen LogP contribution in [0.2, 0.25) is 0 Å². The molecule has 0 saturated carbocycles. The zero-order chi connectivity index (χ0) is 16.1. The summed E-state index contributed by atoms with van der Waals surface area (Å²) in [5.74, 6) is 0.120. The van der Waals surface area contributed by atoms with E-state index in [1.807, 2.05) is 63.0 Å². The average molecular weight is 300 g/mol. The van der Waals surface area contributed by atoms with Crippen LogP contribution in [0.5, 0.6) is 0 Å². The van der Waals surface area contributed by atoms with Gasteiger partial charge in [0.15, 0.2) is 0 Å². The van der Waals surface area contributed by atoms with Gasteiger partial charge in [-0.3, -0.25) is 4.79 Å². The van der Waals surface area contributed by atoms with Gasteiger partial charge in [0.2, 0.25) is 5.91 Å². The van der Waals surface area contributed by atoms with E-state index in [2.05, 4.69) is 10.4 Å². The van der Waals surface area contributed by atoms with Crippen LogP contribution in [-0.2, 0) is 11.2 Å². The van der Waals surface area contributed by atoms with Crippen LogP contribution in [0.25, 0.3) is 5.69 Å². The number of nitrogens with one attached hydrogen (secondary N) is 1. The van der Waals surface area contributed by atoms with Crippen molar-refractivity contribution in [2.45, 2.75) is 20.3 Å². The highest BCUT2D eigenvalue weighted by atomic mass is 16.2. The highest BCUT2D eigenvalue weighted by molar-refractivity contribution is 5.79. The molecule has 0 spiro atoms. The molecule has 5 heteroatoms. The van der Waals surface area contributed by atoms with Crippen molar-refractivity contribution in [2.24, 2.45) is 0 Å². The van der Waals surface area contributed by atoms with Crippen molar-refractivity contribution in [3.8, 4) is 5.69 Å². The van der Waals surface area contributed by atoms with E-state index in [9.17, 15) is 4.79 Å². The van der Waals surface area contributed by atoms with Crippen LogP contribution < -0.4 is 5.32 Å². The van der Waals surface area contributed by atoms with Gasteiger partial charge >= 0.3 is 0 Å². The molecule has 5 nitrogen and oxygen atoms in total. The minimum Gasteiger partial charge on any atom is -0.344 e. The minimum absolute atomic E-state index is 0.120. The summed E-state index contributed by atoms with van der Waals surface area (Å²) in [5.41, 5.74) is 3.98. The van der Waals surface area contributed by atoms with Crippen molar-refractivity contribution in [1.82, 2.24) is 20.0 Å². The Bertz CT molecular complexity index is 634. The van der Waals surface area contributed by atoms with Crippen molar-refractivity contribution < 1.29 is 4.79 Å². The summed E-state index contributed by atoms with van der Waals surface area (Å²) in [6.07, 6.45) is 0.394. The van der Waals surface area contributed by atoms with Crippen molar-refractivity contribution in [3.05, 3.63) is 47.3 Å². The lowest BCUT2D eigenvalue weighted by Crippen LogP contribution is -2.34. The van der Waals surface area contributed by atoms with Gasteiger partial charge in [-0.05, 0) is 33.0 Å². The molecule has 0 unspecified atom stereocenters. The summed E-state index contributed by atoms with van der Waals surface area (Å²) in [7, 11) is 3.72. The van der Waals surface area contributed by atoms with E-state index in [4.69, 9.17) is 0 Å². The zero-order valence-electron chi connectivity index (χ0n) is 13.8. The highest BCUT2D eigenvalue weighted by Crippen LogP contribution is 2.18. The van der Waals surface area contributed by atoms with Crippen LogP contribution in [-0.4, -0.2) is 47.8 Å². The van der Waals surface area contributed by atoms with Crippen LogP contribution in [0, 0.1) is 13.8 Å². The maximum Gasteiger partial charge on any atom is 0.226 e. The van der Waals surface area contributed by atoms with E-state index >= 15 is 0 Å². The SMILES string of the molecule is CNCCN(C)C(=O)Cc1c(C)nn(-c2ccccc2)c1C. The Morgan fingerprint density at radius 3 is 2.59 bits per heavy atom. The normalized spacial score (nSPS) is 10.7. The van der Waals surface area contributed by atoms with E-state index in [0.29, 0.717) is 13.0 Å². The predicted octanol–water partition coefficient (Wildman–Crippen LogP) is 1.71. The molecule has 0 saturated heterocycles. The Kier molecular flexibility index (Phi) is 5.33. The number of carbonyl (C=O) groups excluding carboxylic acids is 1. The summed E-state index contributed by atoms with van der Waals surface area (Å²) in [4.78, 5) is 14.1. The molecule has 2 rings (SSSR count). The number of amides is 1. The third kappa shape index (κ3) is 3.54. The first-order chi connectivity index (χ1) is 10.5. The Labute approximate surface area is 131 Å². The number of carbonyl (C=O) groups is 1. The number of hydrogen-bond acceptors (Lipinski definition) is 3. The lowest BCUT2D eigenvalue weighted by Gasteiger charge is -2.17. The molecule has 0 bridgehead atoms. The number of rotatable bonds is 6. The molecule has 1 heterocycles. The van der Waals surface area contributed by atoms with Crippen LogP contribution in [0.4, 0.5) is 0 Å². The van der Waals surface area contributed by atoms with Crippen molar-refractivity contribution in [3.63, 3.8) is 0 Å². The van der Waals surface area contributed by atoms with Crippen LogP contribution >= 0.6 is 0 Å². The summed E-state index contributed by atoms with van der Waals surface area (Å²) in [6.45, 7) is 5.48. The molecule has 1 N–H and O–H groups in total. The quantitative estimate of drug-likeness (QED) is 0.883. The summed E-state index contributed by atoms with van der Waals surface area (Å²) < 4.78 is 1.91. The molecule has 1 amide bonds. The van der Waals surface area contributed by atoms with E-state index in [-0.39, 0.29) is 5.91 Å². The van der Waals surface area contributed by atoms with E-state index in [0.717, 1.165) is 29.2 Å². The highest BCUT2D eigenvalue weighted by Gasteiger charge is 2.17. The Morgan fingerprint density at radius 1 is 1.27 bits per heavy atom. The van der Waals surface area contributed by atoms with Gasteiger partial charge in [-0.1, -0.05) is 18.2 Å². The van der Waals surface area contributed by atoms with Gasteiger partial charge in [0.1, 0.15) is 0 Å². The smallest absolute Gasteiger partial charge is 0.226 e. The number of para-hydroxylation sites is 1. The Morgan fingerprint density at radius 2 is 1.95 bits per heavy atom. The molecule has 0 radical (unpaired) electrons. The standard InChI is InChI=1S/C17H24N4O/c1-13-16(12-17(22)20(4)11-10-18-3)14(2)21(19-13)15-8-6-5-7-9-15/h5-9,18H,10-12H2,1-4H3. The summed E-state index contributed by atoms with van der Waals surface area (Å²) in [6, 6.07) is 9.99. The first kappa shape index (κ1) is 16.2. The minimum atomic E-state index is 0.120. The van der Waals surface area contributed by atoms with Crippen LogP contribution in [0.3, 0.4) is 0 Å². The third-order valence-corrected chi connectivity index (χ3v) is 3.89. The second-order valence-corrected chi connectivity index (χ2v) is 5.49. The summed E-state index contributed by atoms with van der Waals surface area (Å²) >= 11 is 0. The monoisotopic (exact) mass is 300 g/mol. The fourth-order valence-corrected chi connectivity index (χ4v) is 2.44. The van der Waals surface area contributed by atoms with Gasteiger partial charge in [0, 0.05) is 31.4 Å². The number of benzene rings is 1. The molecule has 1 aromatic heterocycles. The number of aryl methyl sites for hydroxylation is 1. The largest absolute Gasteiger partial charge is 0.344 e. The van der Waals surface area contributed by atoms with E-state index < -0.39 is 0 Å². The lowest BCUT2D eigenvalue weighted by molar-refractivity contribution is -0.129. The number of hydrogen-bond donors (Lipinski definition) is 1. The Balaban J connectivity index is 2.19. The lowest BCUT2D eigenvalue weighted by atomic mass is 10.1. The molecule has 0 aliphatic heterocycles. The molecule has 0 atom stereocenters. The van der Waals surface area contributed by atoms with Crippen molar-refractivity contribution >= 4 is 5.91 Å². The second-order valence-electron chi connectivity index (χ2n) is 5.49. The number of likely N-dealkylation sites (N-methyl/N-ethyl adjacent to an activating group) is 2. The third-order valence-electron chi connectivity index (χ3n) is 3.89. The zero-order valence-corrected chi connectivity index (χ0v) is 13.8. The van der Waals surface area contributed by atoms with Crippen LogP contribution in [0.15, 0.2) is 30.3 Å². The van der Waals surface area contributed by atoms with Gasteiger partial charge in [0.05, 0.1) is 17.8 Å². The van der Waals surface area contributed by atoms with Gasteiger partial charge < -0.3 is 10.2 Å². The molecule has 2 aromatic rings. The molecule has 22 heavy (non-hydrogen) atoms. The van der Waals surface area contributed by atoms with E-state index in [1.54, 1.807) is 4.90 Å². The maximum absolute atomic E-state index is 12.3. The van der Waals surface area contributed by atoms with Gasteiger partial charge in [-0.25, -0.2) is 4.68 Å². The molecule has 1 aromatic carbocycles. The topological polar surface area (TPSA) is 50.2 Å². The second kappa shape index (κ2) is 7.22. The number of nitrogens with zero attached hydrogens (tertiary/aromatic N) is 3. The predicted molar refractivity (Wildman–Crippen MR) is 88.3 cm³/mol. The molecular formula is C17H24N4O. The Hall–Kier alpha value is -2.14. The molecule has 0 aliphatic carbocycles. The molecule has 118 valence electrons. The molecule has 0 fully saturated rings. The maximum atomic E-state index is 12.3. The van der Waals surface area contributed by atoms with Gasteiger partial charge in [-0.2, -0.15) is 5.10 Å². The van der Waals surface area contributed by atoms with Crippen molar-refractivity contribution in [2.75, 3.05) is 27.2 Å². The van der Waals surface area contributed by atoms with Gasteiger partial charge in [0.25, 0.3) is 0 Å². The van der Waals surface area contributed by atoms with E-state index in [1.165, 1.54) is 0 Å². The van der Waals surface area contributed by atoms with Crippen LogP contribution in [0.1, 0.15) is 17.0 Å². The first-order valence-corrected chi connectivity index (χ1v) is 7.53.